The van der Waals surface area contributed by atoms with Crippen molar-refractivity contribution in [1.29, 1.82) is 0 Å². The lowest BCUT2D eigenvalue weighted by atomic mass is 10.1. The normalized spacial score (nSPS) is 14.2. The quantitative estimate of drug-likeness (QED) is 0.375. The lowest BCUT2D eigenvalue weighted by Crippen LogP contribution is -2.47. The Morgan fingerprint density at radius 2 is 1.50 bits per heavy atom. The number of aliphatic hydroxyl groups excluding tert-OH is 1. The molecule has 1 atom stereocenters. The van der Waals surface area contributed by atoms with Gasteiger partial charge in [0.15, 0.2) is 5.82 Å². The molecule has 0 amide bonds. The number of fused-ring (bicyclic) bond motifs is 1. The molecular formula is C29H30FN7O. The first-order valence-electron chi connectivity index (χ1n) is 12.6. The molecule has 9 heteroatoms. The van der Waals surface area contributed by atoms with Crippen molar-refractivity contribution in [3.63, 3.8) is 0 Å². The highest BCUT2D eigenvalue weighted by atomic mass is 19.1. The largest absolute Gasteiger partial charge is 0.389 e. The predicted molar refractivity (Wildman–Crippen MR) is 147 cm³/mol. The van der Waals surface area contributed by atoms with Crippen LogP contribution in [0.1, 0.15) is 24.2 Å². The minimum atomic E-state index is -0.557. The molecule has 4 heterocycles. The zero-order valence-electron chi connectivity index (χ0n) is 21.4. The van der Waals surface area contributed by atoms with Crippen LogP contribution in [-0.2, 0) is 0 Å². The van der Waals surface area contributed by atoms with Crippen LogP contribution in [-0.4, -0.2) is 55.9 Å². The second-order valence-electron chi connectivity index (χ2n) is 9.27. The second kappa shape index (κ2) is 11.4. The number of piperazine rings is 1. The van der Waals surface area contributed by atoms with Crippen LogP contribution in [0, 0.1) is 12.7 Å². The highest BCUT2D eigenvalue weighted by molar-refractivity contribution is 5.77. The molecule has 1 N–H and O–H groups in total. The molecule has 1 fully saturated rings. The zero-order valence-corrected chi connectivity index (χ0v) is 21.4. The number of benzene rings is 2. The van der Waals surface area contributed by atoms with Gasteiger partial charge in [-0.1, -0.05) is 48.0 Å². The average molecular weight is 512 g/mol. The fourth-order valence-electron chi connectivity index (χ4n) is 4.31. The molecular weight excluding hydrogens is 481 g/mol. The summed E-state index contributed by atoms with van der Waals surface area (Å²) in [6, 6.07) is 18.6. The van der Waals surface area contributed by atoms with Crippen molar-refractivity contribution in [2.75, 3.05) is 36.0 Å². The number of aryl methyl sites for hydroxylation is 1. The zero-order chi connectivity index (χ0) is 26.5. The molecule has 8 nitrogen and oxygen atoms in total. The molecule has 6 rings (SSSR count). The highest BCUT2D eigenvalue weighted by Crippen LogP contribution is 2.28. The molecule has 1 saturated heterocycles. The Balaban J connectivity index is 0.000000366. The van der Waals surface area contributed by atoms with Crippen molar-refractivity contribution in [3.8, 4) is 11.1 Å². The summed E-state index contributed by atoms with van der Waals surface area (Å²) in [6.45, 7) is 7.05. The molecule has 0 radical (unpaired) electrons. The monoisotopic (exact) mass is 511 g/mol. The van der Waals surface area contributed by atoms with Gasteiger partial charge in [-0.05, 0) is 37.6 Å². The minimum Gasteiger partial charge on any atom is -0.389 e. The van der Waals surface area contributed by atoms with Crippen LogP contribution < -0.4 is 9.80 Å². The maximum atomic E-state index is 11.9. The van der Waals surface area contributed by atoms with Gasteiger partial charge in [-0.2, -0.15) is 5.10 Å². The van der Waals surface area contributed by atoms with E-state index in [9.17, 15) is 9.50 Å². The lowest BCUT2D eigenvalue weighted by Gasteiger charge is -2.35. The van der Waals surface area contributed by atoms with E-state index in [2.05, 4.69) is 73.3 Å². The summed E-state index contributed by atoms with van der Waals surface area (Å²) >= 11 is 0. The third kappa shape index (κ3) is 5.78. The number of hydrogen-bond donors (Lipinski definition) is 1. The van der Waals surface area contributed by atoms with Crippen LogP contribution in [0.5, 0.6) is 0 Å². The Bertz CT molecular complexity index is 1460. The molecule has 1 aliphatic heterocycles. The highest BCUT2D eigenvalue weighted by Gasteiger charge is 2.22. The topological polar surface area (TPSA) is 82.7 Å². The molecule has 5 aromatic rings. The van der Waals surface area contributed by atoms with Gasteiger partial charge in [0.05, 0.1) is 6.10 Å². The minimum absolute atomic E-state index is 0.178. The Kier molecular flexibility index (Phi) is 7.55. The Hall–Kier alpha value is -4.37. The van der Waals surface area contributed by atoms with Crippen molar-refractivity contribution in [1.82, 2.24) is 24.6 Å². The van der Waals surface area contributed by atoms with Crippen molar-refractivity contribution >= 4 is 17.3 Å². The summed E-state index contributed by atoms with van der Waals surface area (Å²) in [5, 5.41) is 14.1. The maximum Gasteiger partial charge on any atom is 0.225 e. The molecule has 2 aromatic carbocycles. The number of halogens is 1. The average Bonchev–Trinajstić information content (AvgIpc) is 3.39. The molecule has 194 valence electrons. The van der Waals surface area contributed by atoms with Crippen LogP contribution >= 0.6 is 0 Å². The van der Waals surface area contributed by atoms with Gasteiger partial charge >= 0.3 is 0 Å². The van der Waals surface area contributed by atoms with E-state index < -0.39 is 6.10 Å². The first kappa shape index (κ1) is 25.3. The van der Waals surface area contributed by atoms with E-state index in [1.165, 1.54) is 23.3 Å². The third-order valence-corrected chi connectivity index (χ3v) is 6.51. The van der Waals surface area contributed by atoms with Gasteiger partial charge in [-0.15, -0.1) is 0 Å². The van der Waals surface area contributed by atoms with E-state index in [-0.39, 0.29) is 5.82 Å². The summed E-state index contributed by atoms with van der Waals surface area (Å²) in [4.78, 5) is 17.9. The van der Waals surface area contributed by atoms with Gasteiger partial charge < -0.3 is 14.9 Å². The SMILES string of the molecule is Cc1ccc(-c2cc3c(N4CCN(c5ncc(C(C)O)cn5)CC4)ncnn3c2)cc1.Fc1ccccc1. The van der Waals surface area contributed by atoms with Gasteiger partial charge in [0.1, 0.15) is 17.7 Å². The molecule has 0 bridgehead atoms. The lowest BCUT2D eigenvalue weighted by molar-refractivity contribution is 0.198. The van der Waals surface area contributed by atoms with Gasteiger partial charge in [0.25, 0.3) is 0 Å². The molecule has 0 aliphatic carbocycles. The van der Waals surface area contributed by atoms with E-state index in [0.29, 0.717) is 5.95 Å². The van der Waals surface area contributed by atoms with Gasteiger partial charge in [0.2, 0.25) is 5.95 Å². The maximum absolute atomic E-state index is 11.9. The summed E-state index contributed by atoms with van der Waals surface area (Å²) in [5.74, 6) is 1.46. The van der Waals surface area contributed by atoms with E-state index in [1.807, 2.05) is 4.52 Å². The van der Waals surface area contributed by atoms with Gasteiger partial charge in [-0.3, -0.25) is 0 Å². The Morgan fingerprint density at radius 3 is 2.11 bits per heavy atom. The first-order chi connectivity index (χ1) is 18.5. The molecule has 1 aliphatic rings. The van der Waals surface area contributed by atoms with Crippen molar-refractivity contribution < 1.29 is 9.50 Å². The van der Waals surface area contributed by atoms with E-state index >= 15 is 0 Å². The van der Waals surface area contributed by atoms with Crippen LogP contribution in [0.25, 0.3) is 16.6 Å². The van der Waals surface area contributed by atoms with E-state index in [4.69, 9.17) is 0 Å². The van der Waals surface area contributed by atoms with E-state index in [1.54, 1.807) is 43.8 Å². The smallest absolute Gasteiger partial charge is 0.225 e. The van der Waals surface area contributed by atoms with Crippen LogP contribution in [0.4, 0.5) is 16.2 Å². The number of aromatic nitrogens is 5. The number of aliphatic hydroxyl groups is 1. The van der Waals surface area contributed by atoms with Crippen molar-refractivity contribution in [2.24, 2.45) is 0 Å². The summed E-state index contributed by atoms with van der Waals surface area (Å²) in [7, 11) is 0. The fraction of sp³-hybridized carbons (Fsp3) is 0.241. The number of hydrogen-bond acceptors (Lipinski definition) is 7. The fourth-order valence-corrected chi connectivity index (χ4v) is 4.31. The number of rotatable bonds is 4. The molecule has 3 aromatic heterocycles. The van der Waals surface area contributed by atoms with Crippen molar-refractivity contribution in [3.05, 3.63) is 103 Å². The van der Waals surface area contributed by atoms with Crippen LogP contribution in [0.2, 0.25) is 0 Å². The third-order valence-electron chi connectivity index (χ3n) is 6.51. The molecule has 0 spiro atoms. The molecule has 0 saturated carbocycles. The van der Waals surface area contributed by atoms with E-state index in [0.717, 1.165) is 48.6 Å². The predicted octanol–water partition coefficient (Wildman–Crippen LogP) is 4.70. The summed E-state index contributed by atoms with van der Waals surface area (Å²) in [5.41, 5.74) is 5.28. The second-order valence-corrected chi connectivity index (χ2v) is 9.27. The van der Waals surface area contributed by atoms with Gasteiger partial charge in [0, 0.05) is 55.9 Å². The van der Waals surface area contributed by atoms with Crippen molar-refractivity contribution in [2.45, 2.75) is 20.0 Å². The van der Waals surface area contributed by atoms with Crippen LogP contribution in [0.15, 0.2) is 85.6 Å². The molecule has 38 heavy (non-hydrogen) atoms. The standard InChI is InChI=1S/C23H25N7O.C6H5F/c1-16-3-5-18(6-4-16)19-11-21-22(26-15-27-30(21)14-19)28-7-9-29(10-8-28)23-24-12-20(13-25-23)17(2)31;7-6-4-2-1-3-5-6/h3-6,11-15,17,31H,7-10H2,1-2H3;1-5H. The summed E-state index contributed by atoms with van der Waals surface area (Å²) < 4.78 is 13.8. The number of anilines is 2. The molecule has 1 unspecified atom stereocenters. The Labute approximate surface area is 221 Å². The summed E-state index contributed by atoms with van der Waals surface area (Å²) in [6.07, 6.45) is 6.50. The Morgan fingerprint density at radius 1 is 0.842 bits per heavy atom. The van der Waals surface area contributed by atoms with Gasteiger partial charge in [-0.25, -0.2) is 23.9 Å². The number of nitrogens with zero attached hydrogens (tertiary/aromatic N) is 7. The first-order valence-corrected chi connectivity index (χ1v) is 12.6. The van der Waals surface area contributed by atoms with Crippen LogP contribution in [0.3, 0.4) is 0 Å².